The van der Waals surface area contributed by atoms with Gasteiger partial charge >= 0.3 is 0 Å². The van der Waals surface area contributed by atoms with Crippen molar-refractivity contribution in [1.29, 1.82) is 0 Å². The van der Waals surface area contributed by atoms with E-state index in [1.165, 1.54) is 7.11 Å². The van der Waals surface area contributed by atoms with Crippen LogP contribution < -0.4 is 19.7 Å². The van der Waals surface area contributed by atoms with E-state index in [0.29, 0.717) is 33.1 Å². The second-order valence-corrected chi connectivity index (χ2v) is 11.0. The van der Waals surface area contributed by atoms with Crippen molar-refractivity contribution < 1.29 is 13.2 Å². The second kappa shape index (κ2) is 10.0. The van der Waals surface area contributed by atoms with Crippen molar-refractivity contribution in [2.45, 2.75) is 12.1 Å². The van der Waals surface area contributed by atoms with Crippen LogP contribution in [0.3, 0.4) is 0 Å². The first-order chi connectivity index (χ1) is 17.7. The molecule has 0 unspecified atom stereocenters. The summed E-state index contributed by atoms with van der Waals surface area (Å²) in [6.45, 7) is 0. The molecule has 0 radical (unpaired) electrons. The number of nitrogens with zero attached hydrogens (tertiary/aromatic N) is 4. The zero-order valence-electron chi connectivity index (χ0n) is 19.9. The Hall–Kier alpha value is -3.67. The normalized spacial score (nSPS) is 17.5. The molecule has 2 N–H and O–H groups in total. The van der Waals surface area contributed by atoms with Gasteiger partial charge in [-0.3, -0.25) is 9.71 Å². The zero-order valence-corrected chi connectivity index (χ0v) is 22.3. The number of hydrogen-bond acceptors (Lipinski definition) is 6. The lowest BCUT2D eigenvalue weighted by Gasteiger charge is -2.29. The maximum atomic E-state index is 11.8. The summed E-state index contributed by atoms with van der Waals surface area (Å²) >= 11 is 11.9. The van der Waals surface area contributed by atoms with Crippen molar-refractivity contribution in [1.82, 2.24) is 19.9 Å². The maximum Gasteiger partial charge on any atom is 0.229 e. The Morgan fingerprint density at radius 2 is 1.95 bits per heavy atom. The van der Waals surface area contributed by atoms with Gasteiger partial charge in [0.2, 0.25) is 10.0 Å². The molecule has 0 bridgehead atoms. The Bertz CT molecular complexity index is 1540. The van der Waals surface area contributed by atoms with Crippen LogP contribution in [0.5, 0.6) is 5.75 Å². The van der Waals surface area contributed by atoms with Crippen LogP contribution in [0, 0.1) is 0 Å². The van der Waals surface area contributed by atoms with E-state index in [9.17, 15) is 8.42 Å². The molecule has 1 saturated heterocycles. The minimum absolute atomic E-state index is 0.283. The van der Waals surface area contributed by atoms with Crippen LogP contribution in [-0.2, 0) is 10.0 Å². The van der Waals surface area contributed by atoms with Crippen LogP contribution in [0.4, 0.5) is 11.4 Å². The highest BCUT2D eigenvalue weighted by molar-refractivity contribution is 7.92. The molecule has 1 aromatic carbocycles. The molecule has 1 aliphatic heterocycles. The number of anilines is 2. The summed E-state index contributed by atoms with van der Waals surface area (Å²) in [6.07, 6.45) is 6.37. The van der Waals surface area contributed by atoms with Gasteiger partial charge in [-0.2, -0.15) is 0 Å². The number of methoxy groups -OCH3 is 1. The molecule has 2 atom stereocenters. The first-order valence-corrected chi connectivity index (χ1v) is 13.9. The van der Waals surface area contributed by atoms with Crippen molar-refractivity contribution in [2.24, 2.45) is 0 Å². The summed E-state index contributed by atoms with van der Waals surface area (Å²) in [7, 11) is -2.01. The summed E-state index contributed by atoms with van der Waals surface area (Å²) in [6, 6.07) is 17.9. The zero-order chi connectivity index (χ0) is 26.2. The SMILES string of the molecule is COc1cc(N2C(=S)N[C@H](c3ccccn3)[C@@H]2c2cccn2-c2ccc(Cl)cn2)ccc1NS(C)(=O)=O. The maximum absolute atomic E-state index is 11.8. The molecule has 4 aromatic rings. The quantitative estimate of drug-likeness (QED) is 0.323. The topological polar surface area (TPSA) is 101 Å². The summed E-state index contributed by atoms with van der Waals surface area (Å²) < 4.78 is 33.6. The Kier molecular flexibility index (Phi) is 6.76. The molecule has 9 nitrogen and oxygen atoms in total. The van der Waals surface area contributed by atoms with Gasteiger partial charge < -0.3 is 19.5 Å². The van der Waals surface area contributed by atoms with Crippen molar-refractivity contribution in [3.63, 3.8) is 0 Å². The van der Waals surface area contributed by atoms with Gasteiger partial charge in [-0.25, -0.2) is 13.4 Å². The van der Waals surface area contributed by atoms with E-state index in [4.69, 9.17) is 28.6 Å². The molecular formula is C25H23ClN6O3S2. The van der Waals surface area contributed by atoms with Crippen molar-refractivity contribution in [3.05, 3.63) is 95.7 Å². The number of ether oxygens (including phenoxy) is 1. The number of rotatable bonds is 7. The van der Waals surface area contributed by atoms with Crippen LogP contribution in [0.25, 0.3) is 5.82 Å². The summed E-state index contributed by atoms with van der Waals surface area (Å²) in [4.78, 5) is 11.1. The highest BCUT2D eigenvalue weighted by Gasteiger charge is 2.42. The van der Waals surface area contributed by atoms with Crippen LogP contribution in [-0.4, -0.2) is 41.4 Å². The third kappa shape index (κ3) is 5.10. The summed E-state index contributed by atoms with van der Waals surface area (Å²) in [5.41, 5.74) is 2.78. The van der Waals surface area contributed by atoms with E-state index in [0.717, 1.165) is 17.6 Å². The standard InChI is InChI=1S/C25H23ClN6O3S2/c1-35-21-14-17(9-10-18(21)30-37(2,33)34)32-24(23(29-25(32)36)19-6-3-4-12-27-19)20-7-5-13-31(20)22-11-8-16(26)15-28-22/h3-15,23-24,30H,1-2H3,(H,29,36)/t23-,24+/m1/s1. The second-order valence-electron chi connectivity index (χ2n) is 8.39. The molecular weight excluding hydrogens is 532 g/mol. The molecule has 0 aliphatic carbocycles. The van der Waals surface area contributed by atoms with Gasteiger partial charge in [0.15, 0.2) is 5.11 Å². The molecule has 0 saturated carbocycles. The van der Waals surface area contributed by atoms with Crippen LogP contribution in [0.15, 0.2) is 79.3 Å². The first kappa shape index (κ1) is 25.0. The molecule has 0 spiro atoms. The Morgan fingerprint density at radius 1 is 1.11 bits per heavy atom. The number of aromatic nitrogens is 3. The van der Waals surface area contributed by atoms with Gasteiger partial charge in [0.1, 0.15) is 17.6 Å². The number of nitrogens with one attached hydrogen (secondary N) is 2. The van der Waals surface area contributed by atoms with Crippen molar-refractivity contribution in [2.75, 3.05) is 23.0 Å². The van der Waals surface area contributed by atoms with Crippen LogP contribution in [0.1, 0.15) is 23.5 Å². The number of halogens is 1. The highest BCUT2D eigenvalue weighted by atomic mass is 35.5. The average molecular weight is 555 g/mol. The molecule has 3 aromatic heterocycles. The van der Waals surface area contributed by atoms with Gasteiger partial charge in [-0.1, -0.05) is 17.7 Å². The van der Waals surface area contributed by atoms with E-state index < -0.39 is 10.0 Å². The summed E-state index contributed by atoms with van der Waals surface area (Å²) in [5, 5.41) is 4.46. The number of sulfonamides is 1. The molecule has 37 heavy (non-hydrogen) atoms. The van der Waals surface area contributed by atoms with Gasteiger partial charge in [-0.15, -0.1) is 0 Å². The predicted molar refractivity (Wildman–Crippen MR) is 148 cm³/mol. The molecule has 0 amide bonds. The van der Waals surface area contributed by atoms with E-state index in [2.05, 4.69) is 20.0 Å². The smallest absolute Gasteiger partial charge is 0.229 e. The molecule has 1 aliphatic rings. The van der Waals surface area contributed by atoms with Gasteiger partial charge in [-0.05, 0) is 60.7 Å². The third-order valence-electron chi connectivity index (χ3n) is 5.90. The van der Waals surface area contributed by atoms with Gasteiger partial charge in [0.25, 0.3) is 0 Å². The predicted octanol–water partition coefficient (Wildman–Crippen LogP) is 4.48. The van der Waals surface area contributed by atoms with Crippen molar-refractivity contribution >= 4 is 50.3 Å². The number of hydrogen-bond donors (Lipinski definition) is 2. The van der Waals surface area contributed by atoms with Gasteiger partial charge in [0.05, 0.1) is 35.8 Å². The Labute approximate surface area is 225 Å². The number of pyridine rings is 2. The third-order valence-corrected chi connectivity index (χ3v) is 7.03. The van der Waals surface area contributed by atoms with Crippen LogP contribution in [0.2, 0.25) is 5.02 Å². The number of thiocarbonyl (C=S) groups is 1. The lowest BCUT2D eigenvalue weighted by molar-refractivity contribution is 0.417. The monoisotopic (exact) mass is 554 g/mol. The highest BCUT2D eigenvalue weighted by Crippen LogP contribution is 2.43. The van der Waals surface area contributed by atoms with Gasteiger partial charge in [0, 0.05) is 36.0 Å². The average Bonchev–Trinajstić information content (AvgIpc) is 3.49. The molecule has 12 heteroatoms. The molecule has 190 valence electrons. The van der Waals surface area contributed by atoms with E-state index in [-0.39, 0.29) is 12.1 Å². The summed E-state index contributed by atoms with van der Waals surface area (Å²) in [5.74, 6) is 1.06. The van der Waals surface area contributed by atoms with E-state index in [1.54, 1.807) is 36.7 Å². The molecule has 1 fully saturated rings. The molecule has 5 rings (SSSR count). The Balaban J connectivity index is 1.64. The number of benzene rings is 1. The fraction of sp³-hybridized carbons (Fsp3) is 0.160. The lowest BCUT2D eigenvalue weighted by atomic mass is 10.0. The first-order valence-electron chi connectivity index (χ1n) is 11.2. The minimum Gasteiger partial charge on any atom is -0.494 e. The fourth-order valence-corrected chi connectivity index (χ4v) is 5.43. The minimum atomic E-state index is -3.49. The fourth-order valence-electron chi connectivity index (χ4n) is 4.40. The van der Waals surface area contributed by atoms with Crippen molar-refractivity contribution in [3.8, 4) is 11.6 Å². The van der Waals surface area contributed by atoms with Crippen LogP contribution >= 0.6 is 23.8 Å². The molecule has 4 heterocycles. The van der Waals surface area contributed by atoms with E-state index >= 15 is 0 Å². The largest absolute Gasteiger partial charge is 0.494 e. The lowest BCUT2D eigenvalue weighted by Crippen LogP contribution is -2.30. The Morgan fingerprint density at radius 3 is 2.62 bits per heavy atom. The van der Waals surface area contributed by atoms with E-state index in [1.807, 2.05) is 52.1 Å².